The number of carbonyl (C=O) groups is 1. The van der Waals surface area contributed by atoms with E-state index in [1.54, 1.807) is 6.07 Å². The fraction of sp³-hybridized carbons (Fsp3) is 0.588. The van der Waals surface area contributed by atoms with Crippen LogP contribution in [0.15, 0.2) is 18.2 Å². The largest absolute Gasteiger partial charge is 0.356 e. The first kappa shape index (κ1) is 19.5. The van der Waals surface area contributed by atoms with E-state index in [0.717, 1.165) is 30.4 Å². The average Bonchev–Trinajstić information content (AvgIpc) is 2.44. The normalized spacial score (nSPS) is 11.3. The molecule has 0 fully saturated rings. The predicted octanol–water partition coefficient (Wildman–Crippen LogP) is 2.77. The van der Waals surface area contributed by atoms with Gasteiger partial charge in [0.25, 0.3) is 0 Å². The summed E-state index contributed by atoms with van der Waals surface area (Å²) >= 11 is 0. The number of rotatable bonds is 9. The average molecular weight is 340 g/mol. The summed E-state index contributed by atoms with van der Waals surface area (Å²) < 4.78 is 25.5. The molecule has 0 aliphatic rings. The maximum atomic E-state index is 12.1. The molecule has 1 aromatic rings. The summed E-state index contributed by atoms with van der Waals surface area (Å²) in [4.78, 5) is 11.9. The number of unbranched alkanes of at least 4 members (excludes halogenated alkanes) is 2. The Kier molecular flexibility index (Phi) is 7.55. The molecule has 0 spiro atoms. The van der Waals surface area contributed by atoms with E-state index in [4.69, 9.17) is 0 Å². The third-order valence-corrected chi connectivity index (χ3v) is 4.85. The van der Waals surface area contributed by atoms with Crippen LogP contribution in [0, 0.1) is 13.8 Å². The number of hydrogen-bond donors (Lipinski definition) is 1. The molecule has 0 radical (unpaired) electrons. The zero-order valence-electron chi connectivity index (χ0n) is 14.6. The lowest BCUT2D eigenvalue weighted by atomic mass is 10.1. The number of nitrogens with one attached hydrogen (secondary N) is 1. The molecular weight excluding hydrogens is 312 g/mol. The summed E-state index contributed by atoms with van der Waals surface area (Å²) in [5.74, 6) is -0.112. The van der Waals surface area contributed by atoms with Crippen LogP contribution in [0.4, 0.5) is 5.69 Å². The van der Waals surface area contributed by atoms with Crippen LogP contribution in [-0.4, -0.2) is 33.7 Å². The molecule has 0 aliphatic carbocycles. The van der Waals surface area contributed by atoms with Gasteiger partial charge in [0.15, 0.2) is 0 Å². The first-order chi connectivity index (χ1) is 10.8. The van der Waals surface area contributed by atoms with Crippen LogP contribution in [0.1, 0.15) is 43.7 Å². The Bertz CT molecular complexity index is 627. The standard InChI is InChI=1S/C17H28N2O3S/c1-5-6-7-11-18-17(20)10-12-19(23(4,21)22)16-9-8-14(2)13-15(16)3/h8-9,13H,5-7,10-12H2,1-4H3,(H,18,20). The van der Waals surface area contributed by atoms with Crippen LogP contribution in [0.2, 0.25) is 0 Å². The van der Waals surface area contributed by atoms with Crippen molar-refractivity contribution < 1.29 is 13.2 Å². The Balaban J connectivity index is 2.72. The maximum Gasteiger partial charge on any atom is 0.232 e. The maximum absolute atomic E-state index is 12.1. The summed E-state index contributed by atoms with van der Waals surface area (Å²) in [6.07, 6.45) is 4.47. The van der Waals surface area contributed by atoms with E-state index in [9.17, 15) is 13.2 Å². The van der Waals surface area contributed by atoms with E-state index in [1.165, 1.54) is 10.6 Å². The van der Waals surface area contributed by atoms with Gasteiger partial charge in [-0.2, -0.15) is 0 Å². The van der Waals surface area contributed by atoms with Gasteiger partial charge in [0, 0.05) is 19.5 Å². The van der Waals surface area contributed by atoms with E-state index < -0.39 is 10.0 Å². The molecule has 6 heteroatoms. The van der Waals surface area contributed by atoms with Gasteiger partial charge in [0.2, 0.25) is 15.9 Å². The van der Waals surface area contributed by atoms with Crippen molar-refractivity contribution in [1.82, 2.24) is 5.32 Å². The van der Waals surface area contributed by atoms with Crippen molar-refractivity contribution in [2.24, 2.45) is 0 Å². The molecule has 0 aromatic heterocycles. The summed E-state index contributed by atoms with van der Waals surface area (Å²) in [6, 6.07) is 5.62. The lowest BCUT2D eigenvalue weighted by molar-refractivity contribution is -0.120. The number of amides is 1. The second kappa shape index (κ2) is 8.91. The van der Waals surface area contributed by atoms with Gasteiger partial charge in [-0.3, -0.25) is 9.10 Å². The molecule has 1 aromatic carbocycles. The highest BCUT2D eigenvalue weighted by Crippen LogP contribution is 2.23. The molecule has 0 atom stereocenters. The van der Waals surface area contributed by atoms with Crippen LogP contribution in [0.5, 0.6) is 0 Å². The highest BCUT2D eigenvalue weighted by Gasteiger charge is 2.20. The van der Waals surface area contributed by atoms with Crippen LogP contribution in [-0.2, 0) is 14.8 Å². The van der Waals surface area contributed by atoms with Gasteiger partial charge in [-0.1, -0.05) is 37.5 Å². The highest BCUT2D eigenvalue weighted by atomic mass is 32.2. The van der Waals surface area contributed by atoms with Crippen molar-refractivity contribution in [3.05, 3.63) is 29.3 Å². The van der Waals surface area contributed by atoms with E-state index >= 15 is 0 Å². The molecule has 0 unspecified atom stereocenters. The SMILES string of the molecule is CCCCCNC(=O)CCN(c1ccc(C)cc1C)S(C)(=O)=O. The quantitative estimate of drug-likeness (QED) is 0.703. The van der Waals surface area contributed by atoms with Crippen molar-refractivity contribution in [2.45, 2.75) is 46.5 Å². The molecule has 0 saturated carbocycles. The second-order valence-corrected chi connectivity index (χ2v) is 7.84. The van der Waals surface area contributed by atoms with Gasteiger partial charge in [-0.25, -0.2) is 8.42 Å². The van der Waals surface area contributed by atoms with E-state index in [2.05, 4.69) is 12.2 Å². The Hall–Kier alpha value is -1.56. The lowest BCUT2D eigenvalue weighted by Gasteiger charge is -2.24. The van der Waals surface area contributed by atoms with Gasteiger partial charge >= 0.3 is 0 Å². The van der Waals surface area contributed by atoms with Gasteiger partial charge in [-0.05, 0) is 31.9 Å². The van der Waals surface area contributed by atoms with E-state index in [-0.39, 0.29) is 18.9 Å². The third-order valence-electron chi connectivity index (χ3n) is 3.67. The zero-order valence-corrected chi connectivity index (χ0v) is 15.4. The summed E-state index contributed by atoms with van der Waals surface area (Å²) in [5, 5.41) is 2.84. The van der Waals surface area contributed by atoms with Crippen molar-refractivity contribution in [3.8, 4) is 0 Å². The fourth-order valence-corrected chi connectivity index (χ4v) is 3.43. The number of sulfonamides is 1. The summed E-state index contributed by atoms with van der Waals surface area (Å²) in [6.45, 7) is 6.75. The molecular formula is C17H28N2O3S. The number of benzene rings is 1. The molecule has 0 heterocycles. The highest BCUT2D eigenvalue weighted by molar-refractivity contribution is 7.92. The fourth-order valence-electron chi connectivity index (χ4n) is 2.44. The molecule has 1 amide bonds. The zero-order chi connectivity index (χ0) is 17.5. The first-order valence-electron chi connectivity index (χ1n) is 8.07. The molecule has 0 aliphatic heterocycles. The topological polar surface area (TPSA) is 66.5 Å². The number of carbonyl (C=O) groups excluding carboxylic acids is 1. The predicted molar refractivity (Wildman–Crippen MR) is 95.3 cm³/mol. The minimum atomic E-state index is -3.42. The van der Waals surface area contributed by atoms with Crippen LogP contribution >= 0.6 is 0 Å². The molecule has 0 bridgehead atoms. The summed E-state index contributed by atoms with van der Waals surface area (Å²) in [7, 11) is -3.42. The smallest absolute Gasteiger partial charge is 0.232 e. The van der Waals surface area contributed by atoms with Gasteiger partial charge in [-0.15, -0.1) is 0 Å². The summed E-state index contributed by atoms with van der Waals surface area (Å²) in [5.41, 5.74) is 2.60. The Morgan fingerprint density at radius 3 is 2.48 bits per heavy atom. The monoisotopic (exact) mass is 340 g/mol. The van der Waals surface area contributed by atoms with Gasteiger partial charge in [0.1, 0.15) is 0 Å². The number of aryl methyl sites for hydroxylation is 2. The number of anilines is 1. The van der Waals surface area contributed by atoms with E-state index in [0.29, 0.717) is 12.2 Å². The van der Waals surface area contributed by atoms with Crippen molar-refractivity contribution >= 4 is 21.6 Å². The molecule has 1 rings (SSSR count). The lowest BCUT2D eigenvalue weighted by Crippen LogP contribution is -2.35. The van der Waals surface area contributed by atoms with Crippen molar-refractivity contribution in [3.63, 3.8) is 0 Å². The first-order valence-corrected chi connectivity index (χ1v) is 9.92. The van der Waals surface area contributed by atoms with Crippen molar-refractivity contribution in [1.29, 1.82) is 0 Å². The molecule has 23 heavy (non-hydrogen) atoms. The minimum Gasteiger partial charge on any atom is -0.356 e. The number of hydrogen-bond acceptors (Lipinski definition) is 3. The molecule has 130 valence electrons. The molecule has 0 saturated heterocycles. The Morgan fingerprint density at radius 2 is 1.91 bits per heavy atom. The second-order valence-electron chi connectivity index (χ2n) is 5.93. The third kappa shape index (κ3) is 6.60. The van der Waals surface area contributed by atoms with E-state index in [1.807, 2.05) is 26.0 Å². The molecule has 1 N–H and O–H groups in total. The molecule has 5 nitrogen and oxygen atoms in total. The van der Waals surface area contributed by atoms with Crippen LogP contribution in [0.25, 0.3) is 0 Å². The Labute approximate surface area is 140 Å². The van der Waals surface area contributed by atoms with Crippen LogP contribution in [0.3, 0.4) is 0 Å². The van der Waals surface area contributed by atoms with Crippen molar-refractivity contribution in [2.75, 3.05) is 23.7 Å². The Morgan fingerprint density at radius 1 is 1.22 bits per heavy atom. The number of nitrogens with zero attached hydrogens (tertiary/aromatic N) is 1. The van der Waals surface area contributed by atoms with Gasteiger partial charge < -0.3 is 5.32 Å². The van der Waals surface area contributed by atoms with Crippen LogP contribution < -0.4 is 9.62 Å². The minimum absolute atomic E-state index is 0.112. The van der Waals surface area contributed by atoms with Gasteiger partial charge in [0.05, 0.1) is 11.9 Å².